The molecule has 7 nitrogen and oxygen atoms in total. The Bertz CT molecular complexity index is 1460. The van der Waals surface area contributed by atoms with Crippen LogP contribution in [-0.4, -0.2) is 33.6 Å². The first kappa shape index (κ1) is 28.0. The van der Waals surface area contributed by atoms with Gasteiger partial charge in [0.05, 0.1) is 5.69 Å². The monoisotopic (exact) mass is 524 g/mol. The lowest BCUT2D eigenvalue weighted by Gasteiger charge is -2.15. The van der Waals surface area contributed by atoms with Crippen LogP contribution in [0.3, 0.4) is 0 Å². The van der Waals surface area contributed by atoms with Crippen LogP contribution in [0.2, 0.25) is 0 Å². The Labute approximate surface area is 231 Å². The summed E-state index contributed by atoms with van der Waals surface area (Å²) in [5, 5.41) is 7.35. The maximum atomic E-state index is 12.9. The van der Waals surface area contributed by atoms with Gasteiger partial charge in [-0.15, -0.1) is 0 Å². The largest absolute Gasteiger partial charge is 0.350 e. The van der Waals surface area contributed by atoms with Crippen molar-refractivity contribution in [2.75, 3.05) is 11.9 Å². The number of fused-ring (bicyclic) bond motifs is 1. The van der Waals surface area contributed by atoms with E-state index >= 15 is 0 Å². The number of carbonyl (C=O) groups excluding carboxylic acids is 1. The highest BCUT2D eigenvalue weighted by Gasteiger charge is 2.14. The normalized spacial score (nSPS) is 16.7. The zero-order valence-corrected chi connectivity index (χ0v) is 23.9. The van der Waals surface area contributed by atoms with E-state index in [1.165, 1.54) is 11.1 Å². The van der Waals surface area contributed by atoms with Crippen molar-refractivity contribution < 1.29 is 4.79 Å². The molecule has 1 aromatic carbocycles. The number of hydrogen-bond acceptors (Lipinski definition) is 5. The number of hydrogen-bond donors (Lipinski definition) is 3. The third-order valence-corrected chi connectivity index (χ3v) is 7.09. The maximum Gasteiger partial charge on any atom is 0.267 e. The molecule has 2 heterocycles. The third kappa shape index (κ3) is 7.31. The molecule has 0 saturated heterocycles. The summed E-state index contributed by atoms with van der Waals surface area (Å²) in [5.41, 5.74) is 8.11. The summed E-state index contributed by atoms with van der Waals surface area (Å²) in [4.78, 5) is 29.7. The van der Waals surface area contributed by atoms with Gasteiger partial charge in [0, 0.05) is 41.7 Å². The molecule has 0 fully saturated rings. The summed E-state index contributed by atoms with van der Waals surface area (Å²) >= 11 is 0. The lowest BCUT2D eigenvalue weighted by molar-refractivity contribution is 0.0952. The number of allylic oxidation sites excluding steroid dienone is 4. The minimum Gasteiger partial charge on any atom is -0.350 e. The fourth-order valence-electron chi connectivity index (χ4n) is 4.83. The Kier molecular flexibility index (Phi) is 9.12. The molecular weight excluding hydrogens is 484 g/mol. The minimum atomic E-state index is -0.143. The number of rotatable bonds is 8. The number of anilines is 2. The van der Waals surface area contributed by atoms with Crippen LogP contribution in [0.5, 0.6) is 0 Å². The van der Waals surface area contributed by atoms with Gasteiger partial charge < -0.3 is 15.6 Å². The van der Waals surface area contributed by atoms with Gasteiger partial charge in [0.15, 0.2) is 0 Å². The average Bonchev–Trinajstić information content (AvgIpc) is 3.32. The van der Waals surface area contributed by atoms with Gasteiger partial charge in [-0.3, -0.25) is 9.79 Å². The summed E-state index contributed by atoms with van der Waals surface area (Å²) < 4.78 is 0. The topological polar surface area (TPSA) is 95.1 Å². The Hall–Kier alpha value is -4.00. The molecule has 2 aromatic heterocycles. The Morgan fingerprint density at radius 3 is 2.82 bits per heavy atom. The van der Waals surface area contributed by atoms with Crippen LogP contribution < -0.4 is 10.6 Å². The summed E-state index contributed by atoms with van der Waals surface area (Å²) in [6.07, 6.45) is 13.1. The van der Waals surface area contributed by atoms with E-state index in [4.69, 9.17) is 4.98 Å². The van der Waals surface area contributed by atoms with Crippen molar-refractivity contribution in [1.82, 2.24) is 20.3 Å². The molecule has 1 atom stereocenters. The first-order valence-electron chi connectivity index (χ1n) is 13.8. The highest BCUT2D eigenvalue weighted by Crippen LogP contribution is 2.29. The molecule has 1 unspecified atom stereocenters. The maximum absolute atomic E-state index is 12.9. The number of amides is 1. The van der Waals surface area contributed by atoms with Crippen molar-refractivity contribution in [3.05, 3.63) is 76.9 Å². The zero-order valence-electron chi connectivity index (χ0n) is 23.9. The van der Waals surface area contributed by atoms with Gasteiger partial charge in [0.1, 0.15) is 5.69 Å². The minimum absolute atomic E-state index is 0.143. The molecule has 1 aliphatic carbocycles. The van der Waals surface area contributed by atoms with E-state index in [2.05, 4.69) is 65.4 Å². The number of aliphatic imine (C=N–C) groups is 1. The van der Waals surface area contributed by atoms with Crippen molar-refractivity contribution >= 4 is 40.2 Å². The summed E-state index contributed by atoms with van der Waals surface area (Å²) in [7, 11) is 0. The lowest BCUT2D eigenvalue weighted by Crippen LogP contribution is -2.27. The van der Waals surface area contributed by atoms with E-state index in [9.17, 15) is 4.79 Å². The predicted octanol–water partition coefficient (Wildman–Crippen LogP) is 7.52. The van der Waals surface area contributed by atoms with E-state index in [0.29, 0.717) is 30.0 Å². The van der Waals surface area contributed by atoms with Crippen molar-refractivity contribution in [2.24, 2.45) is 16.8 Å². The molecule has 0 spiro atoms. The number of aromatic nitrogens is 3. The van der Waals surface area contributed by atoms with Gasteiger partial charge in [-0.25, -0.2) is 9.97 Å². The van der Waals surface area contributed by atoms with Crippen LogP contribution in [-0.2, 0) is 0 Å². The van der Waals surface area contributed by atoms with E-state index in [-0.39, 0.29) is 5.91 Å². The lowest BCUT2D eigenvalue weighted by atomic mass is 9.93. The highest BCUT2D eigenvalue weighted by molar-refractivity contribution is 5.99. The molecule has 0 bridgehead atoms. The van der Waals surface area contributed by atoms with E-state index in [1.54, 1.807) is 6.21 Å². The Balaban J connectivity index is 1.50. The quantitative estimate of drug-likeness (QED) is 0.210. The number of aromatic amines is 1. The van der Waals surface area contributed by atoms with E-state index in [1.807, 2.05) is 50.5 Å². The second kappa shape index (κ2) is 12.7. The molecular formula is C32H40N6O. The third-order valence-electron chi connectivity index (χ3n) is 7.09. The molecule has 7 heteroatoms. The van der Waals surface area contributed by atoms with Crippen LogP contribution in [0.25, 0.3) is 16.5 Å². The first-order chi connectivity index (χ1) is 18.7. The first-order valence-corrected chi connectivity index (χ1v) is 13.8. The summed E-state index contributed by atoms with van der Waals surface area (Å²) in [6.45, 7) is 13.0. The number of nitrogens with one attached hydrogen (secondary N) is 3. The number of benzene rings is 1. The van der Waals surface area contributed by atoms with E-state index < -0.39 is 0 Å². The number of nitrogens with zero attached hydrogens (tertiary/aromatic N) is 3. The fraction of sp³-hybridized carbons (Fsp3) is 0.375. The van der Waals surface area contributed by atoms with Gasteiger partial charge in [-0.1, -0.05) is 38.5 Å². The molecule has 0 radical (unpaired) electrons. The van der Waals surface area contributed by atoms with E-state index in [0.717, 1.165) is 52.7 Å². The van der Waals surface area contributed by atoms with Crippen LogP contribution in [0.15, 0.2) is 65.0 Å². The second-order valence-electron chi connectivity index (χ2n) is 10.7. The summed E-state index contributed by atoms with van der Waals surface area (Å²) in [5.74, 6) is 1.24. The highest BCUT2D eigenvalue weighted by atomic mass is 16.1. The van der Waals surface area contributed by atoms with Gasteiger partial charge in [-0.2, -0.15) is 0 Å². The Morgan fingerprint density at radius 1 is 1.23 bits per heavy atom. The van der Waals surface area contributed by atoms with Crippen LogP contribution in [0, 0.1) is 18.8 Å². The van der Waals surface area contributed by atoms with Crippen molar-refractivity contribution in [2.45, 2.75) is 60.8 Å². The zero-order chi connectivity index (χ0) is 27.9. The smallest absolute Gasteiger partial charge is 0.267 e. The molecule has 3 N–H and O–H groups in total. The van der Waals surface area contributed by atoms with Gasteiger partial charge in [-0.05, 0) is 92.8 Å². The molecule has 0 saturated carbocycles. The van der Waals surface area contributed by atoms with Gasteiger partial charge in [0.2, 0.25) is 5.95 Å². The molecule has 204 valence electrons. The summed E-state index contributed by atoms with van der Waals surface area (Å²) in [6, 6.07) is 7.94. The van der Waals surface area contributed by atoms with Crippen molar-refractivity contribution in [1.29, 1.82) is 0 Å². The van der Waals surface area contributed by atoms with Crippen LogP contribution >= 0.6 is 0 Å². The SMILES string of the molecule is CC=NC=C(CNC(=O)c1cc2cc(Nc3nccc(C4=CCC(C)C=C(C)CC4)n3)cc(C)c2[nH]1)C(C)C. The molecule has 39 heavy (non-hydrogen) atoms. The van der Waals surface area contributed by atoms with Crippen molar-refractivity contribution in [3.8, 4) is 0 Å². The number of H-pyrrole nitrogens is 1. The van der Waals surface area contributed by atoms with Crippen molar-refractivity contribution in [3.63, 3.8) is 0 Å². The fourth-order valence-corrected chi connectivity index (χ4v) is 4.83. The van der Waals surface area contributed by atoms with Crippen LogP contribution in [0.1, 0.15) is 75.6 Å². The molecule has 3 aromatic rings. The standard InChI is InChI=1S/C32H40N6O/c1-7-33-18-26(20(2)3)19-35-31(39)29-17-25-16-27(15-23(6)30(25)37-29)36-32-34-13-12-28(38-32)24-10-8-21(4)14-22(5)9-11-24/h7,10,12-18,20-21,37H,8-9,11,19H2,1-6H3,(H,35,39)(H,34,36,38). The molecule has 1 aliphatic rings. The Morgan fingerprint density at radius 2 is 2.05 bits per heavy atom. The van der Waals surface area contributed by atoms with Gasteiger partial charge in [0.25, 0.3) is 5.91 Å². The van der Waals surface area contributed by atoms with Crippen LogP contribution in [0.4, 0.5) is 11.6 Å². The average molecular weight is 525 g/mol. The predicted molar refractivity (Wildman–Crippen MR) is 163 cm³/mol. The number of carbonyl (C=O) groups is 1. The molecule has 0 aliphatic heterocycles. The second-order valence-corrected chi connectivity index (χ2v) is 10.7. The van der Waals surface area contributed by atoms with Gasteiger partial charge >= 0.3 is 0 Å². The molecule has 4 rings (SSSR count). The molecule has 1 amide bonds. The number of aryl methyl sites for hydroxylation is 1.